The van der Waals surface area contributed by atoms with E-state index in [1.165, 1.54) is 56.9 Å². The van der Waals surface area contributed by atoms with Gasteiger partial charge in [0, 0.05) is 0 Å². The molecule has 0 saturated heterocycles. The average Bonchev–Trinajstić information content (AvgIpc) is 2.63. The van der Waals surface area contributed by atoms with Gasteiger partial charge in [-0.15, -0.1) is 0 Å². The van der Waals surface area contributed by atoms with E-state index < -0.39 is 0 Å². The molecule has 0 fully saturated rings. The molecule has 1 heterocycles. The van der Waals surface area contributed by atoms with E-state index in [4.69, 9.17) is 4.42 Å². The van der Waals surface area contributed by atoms with E-state index in [-0.39, 0.29) is 0 Å². The fourth-order valence-electron chi connectivity index (χ4n) is 1.83. The van der Waals surface area contributed by atoms with Crippen LogP contribution in [-0.2, 0) is 6.42 Å². The van der Waals surface area contributed by atoms with Crippen LogP contribution in [0.3, 0.4) is 0 Å². The topological polar surface area (TPSA) is 13.1 Å². The highest BCUT2D eigenvalue weighted by molar-refractivity contribution is 7.26. The van der Waals surface area contributed by atoms with Crippen LogP contribution in [0.25, 0.3) is 0 Å². The van der Waals surface area contributed by atoms with Crippen LogP contribution in [0.2, 0.25) is 0 Å². The minimum Gasteiger partial charge on any atom is -0.465 e. The number of aryl methyl sites for hydroxylation is 1. The normalized spacial score (nSPS) is 10.8. The third-order valence-corrected chi connectivity index (χ3v) is 3.34. The van der Waals surface area contributed by atoms with E-state index in [9.17, 15) is 0 Å². The fraction of sp³-hybridized carbons (Fsp3) is 0.692. The van der Waals surface area contributed by atoms with Gasteiger partial charge in [-0.2, -0.15) is 0 Å². The molecule has 86 valence electrons. The van der Waals surface area contributed by atoms with Gasteiger partial charge in [0.25, 0.3) is 0 Å². The molecule has 1 rings (SSSR count). The van der Waals surface area contributed by atoms with Crippen molar-refractivity contribution < 1.29 is 4.42 Å². The molecule has 1 nitrogen and oxygen atoms in total. The van der Waals surface area contributed by atoms with Gasteiger partial charge in [-0.3, -0.25) is 0 Å². The van der Waals surface area contributed by atoms with Crippen LogP contribution in [0.5, 0.6) is 0 Å². The first-order valence-electron chi connectivity index (χ1n) is 6.16. The molecule has 0 saturated carbocycles. The molecular formula is C13H23OP. The second-order valence-electron chi connectivity index (χ2n) is 4.18. The molecule has 0 spiro atoms. The third-order valence-electron chi connectivity index (χ3n) is 2.83. The summed E-state index contributed by atoms with van der Waals surface area (Å²) in [6.07, 6.45) is 12.6. The molecule has 1 atom stereocenters. The van der Waals surface area contributed by atoms with E-state index in [1.807, 2.05) is 0 Å². The van der Waals surface area contributed by atoms with Crippen LogP contribution >= 0.6 is 9.24 Å². The van der Waals surface area contributed by atoms with Crippen molar-refractivity contribution in [2.24, 2.45) is 0 Å². The molecular weight excluding hydrogens is 203 g/mol. The van der Waals surface area contributed by atoms with E-state index in [0.29, 0.717) is 0 Å². The van der Waals surface area contributed by atoms with Gasteiger partial charge >= 0.3 is 0 Å². The summed E-state index contributed by atoms with van der Waals surface area (Å²) in [6.45, 7) is 2.26. The Bertz CT molecular complexity index is 255. The summed E-state index contributed by atoms with van der Waals surface area (Å²) in [5, 5.41) is 0. The summed E-state index contributed by atoms with van der Waals surface area (Å²) < 4.78 is 5.24. The Balaban J connectivity index is 1.96. The lowest BCUT2D eigenvalue weighted by Gasteiger charge is -2.00. The molecule has 0 aliphatic carbocycles. The highest BCUT2D eigenvalue weighted by Gasteiger charge is 2.00. The highest BCUT2D eigenvalue weighted by atomic mass is 31.0. The van der Waals surface area contributed by atoms with Gasteiger partial charge in [-0.1, -0.05) is 54.7 Å². The zero-order chi connectivity index (χ0) is 10.9. The van der Waals surface area contributed by atoms with Crippen LogP contribution < -0.4 is 5.50 Å². The fourth-order valence-corrected chi connectivity index (χ4v) is 2.15. The van der Waals surface area contributed by atoms with Crippen molar-refractivity contribution in [2.75, 3.05) is 0 Å². The molecule has 1 unspecified atom stereocenters. The van der Waals surface area contributed by atoms with Crippen LogP contribution in [0.4, 0.5) is 0 Å². The summed E-state index contributed by atoms with van der Waals surface area (Å²) in [4.78, 5) is 0. The Hall–Kier alpha value is -0.290. The maximum Gasteiger partial charge on any atom is 0.122 e. The molecule has 15 heavy (non-hydrogen) atoms. The smallest absolute Gasteiger partial charge is 0.122 e. The molecule has 0 radical (unpaired) electrons. The van der Waals surface area contributed by atoms with Gasteiger partial charge in [0.1, 0.15) is 5.50 Å². The van der Waals surface area contributed by atoms with E-state index in [1.54, 1.807) is 6.26 Å². The molecule has 0 aliphatic heterocycles. The molecule has 0 N–H and O–H groups in total. The van der Waals surface area contributed by atoms with Gasteiger partial charge in [-0.05, 0) is 24.5 Å². The van der Waals surface area contributed by atoms with Crippen LogP contribution in [0.1, 0.15) is 57.4 Å². The average molecular weight is 226 g/mol. The van der Waals surface area contributed by atoms with Crippen molar-refractivity contribution in [2.45, 2.75) is 58.3 Å². The summed E-state index contributed by atoms with van der Waals surface area (Å²) in [6, 6.07) is 2.08. The second-order valence-corrected chi connectivity index (χ2v) is 4.71. The minimum absolute atomic E-state index is 1.01. The predicted octanol–water partition coefficient (Wildman–Crippen LogP) is 4.07. The van der Waals surface area contributed by atoms with Gasteiger partial charge in [0.2, 0.25) is 0 Å². The zero-order valence-electron chi connectivity index (χ0n) is 9.80. The molecule has 1 aromatic heterocycles. The standard InChI is InChI=1S/C13H23OP/c1-2-3-4-5-6-7-8-9-12-10-11-14-13(12)15/h10-11H,2-9,15H2,1H3. The first-order valence-corrected chi connectivity index (χ1v) is 6.74. The van der Waals surface area contributed by atoms with Gasteiger partial charge in [0.05, 0.1) is 6.26 Å². The summed E-state index contributed by atoms with van der Waals surface area (Å²) in [7, 11) is 2.65. The van der Waals surface area contributed by atoms with Gasteiger partial charge in [-0.25, -0.2) is 0 Å². The van der Waals surface area contributed by atoms with Crippen LogP contribution in [-0.4, -0.2) is 0 Å². The molecule has 0 aromatic carbocycles. The Labute approximate surface area is 95.8 Å². The largest absolute Gasteiger partial charge is 0.465 e. The Morgan fingerprint density at radius 3 is 2.33 bits per heavy atom. The number of furan rings is 1. The van der Waals surface area contributed by atoms with Crippen molar-refractivity contribution in [3.05, 3.63) is 17.9 Å². The monoisotopic (exact) mass is 226 g/mol. The summed E-state index contributed by atoms with van der Waals surface area (Å²) >= 11 is 0. The lowest BCUT2D eigenvalue weighted by Crippen LogP contribution is -1.95. The lowest BCUT2D eigenvalue weighted by atomic mass is 10.1. The summed E-state index contributed by atoms with van der Waals surface area (Å²) in [5.74, 6) is 0. The quantitative estimate of drug-likeness (QED) is 0.481. The number of hydrogen-bond donors (Lipinski definition) is 0. The number of hydrogen-bond acceptors (Lipinski definition) is 1. The maximum atomic E-state index is 5.24. The van der Waals surface area contributed by atoms with Crippen molar-refractivity contribution in [3.8, 4) is 0 Å². The van der Waals surface area contributed by atoms with E-state index >= 15 is 0 Å². The van der Waals surface area contributed by atoms with Crippen molar-refractivity contribution in [3.63, 3.8) is 0 Å². The molecule has 0 amide bonds. The highest BCUT2D eigenvalue weighted by Crippen LogP contribution is 2.11. The number of rotatable bonds is 8. The molecule has 2 heteroatoms. The molecule has 0 aliphatic rings. The first-order chi connectivity index (χ1) is 7.34. The number of unbranched alkanes of at least 4 members (excludes halogenated alkanes) is 6. The second kappa shape index (κ2) is 7.93. The Kier molecular flexibility index (Phi) is 6.76. The predicted molar refractivity (Wildman–Crippen MR) is 69.7 cm³/mol. The SMILES string of the molecule is CCCCCCCCCc1ccoc1P. The maximum absolute atomic E-state index is 5.24. The van der Waals surface area contributed by atoms with Crippen molar-refractivity contribution in [1.82, 2.24) is 0 Å². The third kappa shape index (κ3) is 5.37. The zero-order valence-corrected chi connectivity index (χ0v) is 11.0. The van der Waals surface area contributed by atoms with Gasteiger partial charge < -0.3 is 4.42 Å². The molecule has 1 aromatic rings. The summed E-state index contributed by atoms with van der Waals surface area (Å²) in [5.41, 5.74) is 2.37. The van der Waals surface area contributed by atoms with Crippen molar-refractivity contribution >= 4 is 14.7 Å². The Morgan fingerprint density at radius 2 is 1.73 bits per heavy atom. The lowest BCUT2D eigenvalue weighted by molar-refractivity contribution is 0.584. The van der Waals surface area contributed by atoms with E-state index in [2.05, 4.69) is 22.2 Å². The van der Waals surface area contributed by atoms with E-state index in [0.717, 1.165) is 5.50 Å². The van der Waals surface area contributed by atoms with Crippen LogP contribution in [0.15, 0.2) is 16.7 Å². The van der Waals surface area contributed by atoms with Crippen LogP contribution in [0, 0.1) is 0 Å². The Morgan fingerprint density at radius 1 is 1.07 bits per heavy atom. The first kappa shape index (κ1) is 12.8. The molecule has 0 bridgehead atoms. The minimum atomic E-state index is 1.01. The van der Waals surface area contributed by atoms with Crippen molar-refractivity contribution in [1.29, 1.82) is 0 Å². The van der Waals surface area contributed by atoms with Gasteiger partial charge in [0.15, 0.2) is 0 Å².